The molecule has 0 radical (unpaired) electrons. The lowest BCUT2D eigenvalue weighted by molar-refractivity contribution is -0.119. The Hall–Kier alpha value is -2.42. The van der Waals surface area contributed by atoms with Crippen LogP contribution in [0.25, 0.3) is 0 Å². The SMILES string of the molecule is CCn1c(CC(=O)Nc2ccc(F)cc2)nnc1SCC(=O)NC1CCCCC1. The van der Waals surface area contributed by atoms with Gasteiger partial charge in [-0.1, -0.05) is 31.0 Å². The van der Waals surface area contributed by atoms with Gasteiger partial charge in [0, 0.05) is 18.3 Å². The van der Waals surface area contributed by atoms with Crippen molar-refractivity contribution in [1.29, 1.82) is 0 Å². The van der Waals surface area contributed by atoms with E-state index in [-0.39, 0.29) is 35.8 Å². The van der Waals surface area contributed by atoms with Gasteiger partial charge < -0.3 is 15.2 Å². The summed E-state index contributed by atoms with van der Waals surface area (Å²) in [5.41, 5.74) is 0.521. The number of thioether (sulfide) groups is 1. The van der Waals surface area contributed by atoms with Gasteiger partial charge in [0.05, 0.1) is 12.2 Å². The molecule has 1 heterocycles. The van der Waals surface area contributed by atoms with Gasteiger partial charge in [0.2, 0.25) is 11.8 Å². The molecule has 156 valence electrons. The van der Waals surface area contributed by atoms with Crippen molar-refractivity contribution >= 4 is 29.3 Å². The minimum absolute atomic E-state index is 0.00292. The molecule has 0 unspecified atom stereocenters. The molecule has 1 fully saturated rings. The van der Waals surface area contributed by atoms with Crippen molar-refractivity contribution in [2.45, 2.75) is 63.2 Å². The highest BCUT2D eigenvalue weighted by atomic mass is 32.2. The van der Waals surface area contributed by atoms with E-state index in [9.17, 15) is 14.0 Å². The third-order valence-corrected chi connectivity index (χ3v) is 5.83. The molecule has 2 amide bonds. The second kappa shape index (κ2) is 10.4. The van der Waals surface area contributed by atoms with E-state index in [1.807, 2.05) is 11.5 Å². The first-order valence-corrected chi connectivity index (χ1v) is 10.9. The van der Waals surface area contributed by atoms with E-state index in [0.29, 0.717) is 23.2 Å². The average molecular weight is 420 g/mol. The van der Waals surface area contributed by atoms with Crippen LogP contribution in [0.4, 0.5) is 10.1 Å². The molecule has 1 saturated carbocycles. The van der Waals surface area contributed by atoms with Crippen LogP contribution in [0.15, 0.2) is 29.4 Å². The fourth-order valence-electron chi connectivity index (χ4n) is 3.40. The molecule has 1 aliphatic carbocycles. The van der Waals surface area contributed by atoms with Gasteiger partial charge in [-0.25, -0.2) is 4.39 Å². The Bertz CT molecular complexity index is 834. The number of rotatable bonds is 8. The molecule has 1 aromatic heterocycles. The maximum Gasteiger partial charge on any atom is 0.232 e. The summed E-state index contributed by atoms with van der Waals surface area (Å²) >= 11 is 1.33. The molecule has 0 spiro atoms. The van der Waals surface area contributed by atoms with Crippen LogP contribution < -0.4 is 10.6 Å². The number of halogens is 1. The third-order valence-electron chi connectivity index (χ3n) is 4.86. The Balaban J connectivity index is 1.52. The molecular formula is C20H26FN5O2S. The number of nitrogens with one attached hydrogen (secondary N) is 2. The van der Waals surface area contributed by atoms with Crippen molar-refractivity contribution in [1.82, 2.24) is 20.1 Å². The summed E-state index contributed by atoms with van der Waals surface area (Å²) in [5.74, 6) is 0.190. The summed E-state index contributed by atoms with van der Waals surface area (Å²) in [7, 11) is 0. The molecule has 29 heavy (non-hydrogen) atoms. The first-order valence-electron chi connectivity index (χ1n) is 9.94. The van der Waals surface area contributed by atoms with Gasteiger partial charge in [-0.15, -0.1) is 10.2 Å². The predicted octanol–water partition coefficient (Wildman–Crippen LogP) is 3.16. The number of benzene rings is 1. The number of hydrogen-bond acceptors (Lipinski definition) is 5. The smallest absolute Gasteiger partial charge is 0.232 e. The molecule has 2 N–H and O–H groups in total. The molecule has 0 aliphatic heterocycles. The molecule has 7 nitrogen and oxygen atoms in total. The van der Waals surface area contributed by atoms with Crippen molar-refractivity contribution in [3.8, 4) is 0 Å². The van der Waals surface area contributed by atoms with E-state index in [4.69, 9.17) is 0 Å². The van der Waals surface area contributed by atoms with Gasteiger partial charge in [-0.2, -0.15) is 0 Å². The zero-order valence-corrected chi connectivity index (χ0v) is 17.3. The lowest BCUT2D eigenvalue weighted by Gasteiger charge is -2.22. The fourth-order valence-corrected chi connectivity index (χ4v) is 4.23. The summed E-state index contributed by atoms with van der Waals surface area (Å²) < 4.78 is 14.8. The lowest BCUT2D eigenvalue weighted by atomic mass is 9.95. The molecule has 2 aromatic rings. The van der Waals surface area contributed by atoms with Crippen molar-refractivity contribution in [2.24, 2.45) is 0 Å². The van der Waals surface area contributed by atoms with Crippen LogP contribution in [0, 0.1) is 5.82 Å². The van der Waals surface area contributed by atoms with Crippen LogP contribution in [0.3, 0.4) is 0 Å². The van der Waals surface area contributed by atoms with E-state index >= 15 is 0 Å². The Morgan fingerprint density at radius 3 is 2.55 bits per heavy atom. The predicted molar refractivity (Wildman–Crippen MR) is 110 cm³/mol. The van der Waals surface area contributed by atoms with E-state index in [0.717, 1.165) is 12.8 Å². The van der Waals surface area contributed by atoms with Crippen LogP contribution in [-0.2, 0) is 22.6 Å². The van der Waals surface area contributed by atoms with Crippen molar-refractivity contribution in [2.75, 3.05) is 11.1 Å². The van der Waals surface area contributed by atoms with Crippen LogP contribution in [-0.4, -0.2) is 38.4 Å². The number of aromatic nitrogens is 3. The van der Waals surface area contributed by atoms with Gasteiger partial charge in [0.25, 0.3) is 0 Å². The molecule has 0 atom stereocenters. The van der Waals surface area contributed by atoms with Gasteiger partial charge in [0.15, 0.2) is 5.16 Å². The molecule has 9 heteroatoms. The van der Waals surface area contributed by atoms with E-state index in [2.05, 4.69) is 20.8 Å². The quantitative estimate of drug-likeness (QED) is 0.642. The van der Waals surface area contributed by atoms with E-state index in [1.54, 1.807) is 0 Å². The summed E-state index contributed by atoms with van der Waals surface area (Å²) in [6.07, 6.45) is 5.74. The Kier molecular flexibility index (Phi) is 7.62. The topological polar surface area (TPSA) is 88.9 Å². The number of hydrogen-bond donors (Lipinski definition) is 2. The Morgan fingerprint density at radius 2 is 1.86 bits per heavy atom. The fraction of sp³-hybridized carbons (Fsp3) is 0.500. The first-order chi connectivity index (χ1) is 14.0. The number of amides is 2. The summed E-state index contributed by atoms with van der Waals surface area (Å²) in [6, 6.07) is 5.87. The summed E-state index contributed by atoms with van der Waals surface area (Å²) in [4.78, 5) is 24.5. The monoisotopic (exact) mass is 419 g/mol. The number of nitrogens with zero attached hydrogens (tertiary/aromatic N) is 3. The van der Waals surface area contributed by atoms with E-state index in [1.165, 1.54) is 55.3 Å². The molecule has 1 aliphatic rings. The minimum Gasteiger partial charge on any atom is -0.353 e. The highest BCUT2D eigenvalue weighted by molar-refractivity contribution is 7.99. The van der Waals surface area contributed by atoms with Gasteiger partial charge in [-0.05, 0) is 44.0 Å². The van der Waals surface area contributed by atoms with Crippen LogP contribution in [0.5, 0.6) is 0 Å². The maximum absolute atomic E-state index is 13.0. The van der Waals surface area contributed by atoms with Crippen molar-refractivity contribution < 1.29 is 14.0 Å². The standard InChI is InChI=1S/C20H26FN5O2S/c1-2-26-17(12-18(27)22-16-10-8-14(21)9-11-16)24-25-20(26)29-13-19(28)23-15-6-4-3-5-7-15/h8-11,15H,2-7,12-13H2,1H3,(H,22,27)(H,23,28). The molecular weight excluding hydrogens is 393 g/mol. The number of carbonyl (C=O) groups is 2. The van der Waals surface area contributed by atoms with E-state index < -0.39 is 0 Å². The minimum atomic E-state index is -0.358. The summed E-state index contributed by atoms with van der Waals surface area (Å²) in [5, 5.41) is 14.7. The molecule has 0 saturated heterocycles. The third kappa shape index (κ3) is 6.28. The van der Waals surface area contributed by atoms with Gasteiger partial charge in [0.1, 0.15) is 11.6 Å². The zero-order chi connectivity index (χ0) is 20.6. The maximum atomic E-state index is 13.0. The Morgan fingerprint density at radius 1 is 1.14 bits per heavy atom. The highest BCUT2D eigenvalue weighted by Crippen LogP contribution is 2.20. The average Bonchev–Trinajstić information content (AvgIpc) is 3.10. The zero-order valence-electron chi connectivity index (χ0n) is 16.5. The van der Waals surface area contributed by atoms with Crippen LogP contribution in [0.1, 0.15) is 44.9 Å². The normalized spacial score (nSPS) is 14.6. The van der Waals surface area contributed by atoms with Crippen molar-refractivity contribution in [3.05, 3.63) is 35.9 Å². The highest BCUT2D eigenvalue weighted by Gasteiger charge is 2.18. The Labute approximate surface area is 173 Å². The van der Waals surface area contributed by atoms with Gasteiger partial charge in [-0.3, -0.25) is 9.59 Å². The second-order valence-corrected chi connectivity index (χ2v) is 8.01. The molecule has 1 aromatic carbocycles. The van der Waals surface area contributed by atoms with Crippen LogP contribution in [0.2, 0.25) is 0 Å². The second-order valence-electron chi connectivity index (χ2n) is 7.07. The summed E-state index contributed by atoms with van der Waals surface area (Å²) in [6.45, 7) is 2.54. The first kappa shape index (κ1) is 21.3. The number of carbonyl (C=O) groups excluding carboxylic acids is 2. The van der Waals surface area contributed by atoms with Crippen LogP contribution >= 0.6 is 11.8 Å². The molecule has 3 rings (SSSR count). The lowest BCUT2D eigenvalue weighted by Crippen LogP contribution is -2.37. The molecule has 0 bridgehead atoms. The largest absolute Gasteiger partial charge is 0.353 e. The van der Waals surface area contributed by atoms with Gasteiger partial charge >= 0.3 is 0 Å². The number of anilines is 1. The van der Waals surface area contributed by atoms with Crippen molar-refractivity contribution in [3.63, 3.8) is 0 Å².